The second-order valence-electron chi connectivity index (χ2n) is 9.03. The summed E-state index contributed by atoms with van der Waals surface area (Å²) in [5, 5.41) is 0. The minimum atomic E-state index is -0.500. The van der Waals surface area contributed by atoms with E-state index in [1.807, 2.05) is 55.8 Å². The summed E-state index contributed by atoms with van der Waals surface area (Å²) in [6.07, 6.45) is 3.75. The van der Waals surface area contributed by atoms with Crippen LogP contribution in [0.2, 0.25) is 0 Å². The van der Waals surface area contributed by atoms with E-state index in [-0.39, 0.29) is 23.9 Å². The molecule has 1 aromatic heterocycles. The zero-order valence-electron chi connectivity index (χ0n) is 18.6. The lowest BCUT2D eigenvalue weighted by molar-refractivity contribution is -0.132. The fraction of sp³-hybridized carbons (Fsp3) is 0.682. The van der Waals surface area contributed by atoms with Gasteiger partial charge in [0.15, 0.2) is 0 Å². The van der Waals surface area contributed by atoms with Crippen LogP contribution in [0.25, 0.3) is 0 Å². The molecule has 8 nitrogen and oxygen atoms in total. The summed E-state index contributed by atoms with van der Waals surface area (Å²) < 4.78 is 7.52. The van der Waals surface area contributed by atoms with Crippen molar-refractivity contribution in [3.05, 3.63) is 24.0 Å². The van der Waals surface area contributed by atoms with Gasteiger partial charge in [-0.05, 0) is 45.7 Å². The number of amides is 3. The van der Waals surface area contributed by atoms with E-state index in [9.17, 15) is 14.4 Å². The van der Waals surface area contributed by atoms with E-state index in [4.69, 9.17) is 4.74 Å². The summed E-state index contributed by atoms with van der Waals surface area (Å²) in [5.41, 5.74) is 0.181. The van der Waals surface area contributed by atoms with Crippen LogP contribution in [-0.2, 0) is 9.53 Å². The molecule has 3 amide bonds. The fourth-order valence-corrected chi connectivity index (χ4v) is 4.09. The van der Waals surface area contributed by atoms with Gasteiger partial charge in [0.1, 0.15) is 11.3 Å². The van der Waals surface area contributed by atoms with Crippen LogP contribution in [0.5, 0.6) is 0 Å². The molecule has 0 atom stereocenters. The number of hydrogen-bond acceptors (Lipinski definition) is 4. The molecule has 0 spiro atoms. The molecule has 8 heteroatoms. The Morgan fingerprint density at radius 2 is 1.57 bits per heavy atom. The number of ether oxygens (including phenoxy) is 1. The topological polar surface area (TPSA) is 75.1 Å². The van der Waals surface area contributed by atoms with E-state index < -0.39 is 5.60 Å². The Balaban J connectivity index is 1.58. The standard InChI is InChI=1S/C22H34N4O4/c1-5-19(27)23-13-15-24(16-14-23)20(28)18-7-6-10-26(18)17-8-11-25(12-9-17)21(29)30-22(2,3)4/h6-7,10,17H,5,8-9,11-16H2,1-4H3. The first-order valence-electron chi connectivity index (χ1n) is 10.9. The third-order valence-corrected chi connectivity index (χ3v) is 5.73. The van der Waals surface area contributed by atoms with Gasteiger partial charge in [-0.25, -0.2) is 4.79 Å². The van der Waals surface area contributed by atoms with Crippen LogP contribution >= 0.6 is 0 Å². The van der Waals surface area contributed by atoms with Gasteiger partial charge in [-0.15, -0.1) is 0 Å². The van der Waals surface area contributed by atoms with Crippen molar-refractivity contribution < 1.29 is 19.1 Å². The van der Waals surface area contributed by atoms with Crippen LogP contribution < -0.4 is 0 Å². The summed E-state index contributed by atoms with van der Waals surface area (Å²) >= 11 is 0. The summed E-state index contributed by atoms with van der Waals surface area (Å²) in [4.78, 5) is 42.7. The number of piperazine rings is 1. The number of piperidine rings is 1. The van der Waals surface area contributed by atoms with Gasteiger partial charge in [0.2, 0.25) is 5.91 Å². The Labute approximate surface area is 178 Å². The molecule has 0 bridgehead atoms. The molecular formula is C22H34N4O4. The maximum absolute atomic E-state index is 13.1. The fourth-order valence-electron chi connectivity index (χ4n) is 4.09. The van der Waals surface area contributed by atoms with E-state index in [0.717, 1.165) is 12.8 Å². The molecule has 2 aliphatic rings. The zero-order valence-corrected chi connectivity index (χ0v) is 18.6. The molecule has 0 aromatic carbocycles. The summed E-state index contributed by atoms with van der Waals surface area (Å²) in [7, 11) is 0. The van der Waals surface area contributed by atoms with Crippen molar-refractivity contribution in [2.45, 2.75) is 58.6 Å². The Morgan fingerprint density at radius 3 is 2.13 bits per heavy atom. The van der Waals surface area contributed by atoms with Crippen LogP contribution in [0.3, 0.4) is 0 Å². The molecule has 2 fully saturated rings. The second-order valence-corrected chi connectivity index (χ2v) is 9.03. The van der Waals surface area contributed by atoms with Crippen molar-refractivity contribution in [1.82, 2.24) is 19.3 Å². The minimum Gasteiger partial charge on any atom is -0.444 e. The Kier molecular flexibility index (Phi) is 6.73. The Morgan fingerprint density at radius 1 is 0.967 bits per heavy atom. The van der Waals surface area contributed by atoms with Crippen LogP contribution in [0, 0.1) is 0 Å². The number of rotatable bonds is 3. The predicted molar refractivity (Wildman–Crippen MR) is 113 cm³/mol. The third kappa shape index (κ3) is 5.15. The van der Waals surface area contributed by atoms with Gasteiger partial charge in [0, 0.05) is 57.9 Å². The highest BCUT2D eigenvalue weighted by molar-refractivity contribution is 5.93. The Bertz CT molecular complexity index is 766. The highest BCUT2D eigenvalue weighted by Crippen LogP contribution is 2.26. The van der Waals surface area contributed by atoms with E-state index in [0.29, 0.717) is 51.4 Å². The van der Waals surface area contributed by atoms with Gasteiger partial charge in [0.25, 0.3) is 5.91 Å². The Hall–Kier alpha value is -2.51. The lowest BCUT2D eigenvalue weighted by Crippen LogP contribution is -2.51. The molecule has 0 unspecified atom stereocenters. The largest absolute Gasteiger partial charge is 0.444 e. The maximum atomic E-state index is 13.1. The summed E-state index contributed by atoms with van der Waals surface area (Å²) in [6.45, 7) is 11.0. The molecule has 2 saturated heterocycles. The van der Waals surface area contributed by atoms with Gasteiger partial charge < -0.3 is 24.0 Å². The molecule has 3 heterocycles. The van der Waals surface area contributed by atoms with Crippen LogP contribution in [0.1, 0.15) is 63.5 Å². The number of nitrogens with zero attached hydrogens (tertiary/aromatic N) is 4. The molecule has 0 saturated carbocycles. The highest BCUT2D eigenvalue weighted by atomic mass is 16.6. The number of carbonyl (C=O) groups excluding carboxylic acids is 3. The first-order chi connectivity index (χ1) is 14.2. The van der Waals surface area contributed by atoms with Crippen molar-refractivity contribution in [3.63, 3.8) is 0 Å². The molecule has 3 rings (SSSR count). The molecule has 0 radical (unpaired) electrons. The van der Waals surface area contributed by atoms with Crippen molar-refractivity contribution in [2.75, 3.05) is 39.3 Å². The van der Waals surface area contributed by atoms with Crippen LogP contribution in [0.4, 0.5) is 4.79 Å². The van der Waals surface area contributed by atoms with E-state index >= 15 is 0 Å². The maximum Gasteiger partial charge on any atom is 0.410 e. The summed E-state index contributed by atoms with van der Waals surface area (Å²) in [6, 6.07) is 3.96. The number of likely N-dealkylation sites (tertiary alicyclic amines) is 1. The third-order valence-electron chi connectivity index (χ3n) is 5.73. The zero-order chi connectivity index (χ0) is 21.9. The van der Waals surface area contributed by atoms with Crippen LogP contribution in [0.15, 0.2) is 18.3 Å². The van der Waals surface area contributed by atoms with Gasteiger partial charge in [-0.2, -0.15) is 0 Å². The first-order valence-corrected chi connectivity index (χ1v) is 10.9. The lowest BCUT2D eigenvalue weighted by Gasteiger charge is -2.36. The van der Waals surface area contributed by atoms with Gasteiger partial charge in [0.05, 0.1) is 0 Å². The number of hydrogen-bond donors (Lipinski definition) is 0. The number of carbonyl (C=O) groups is 3. The van der Waals surface area contributed by atoms with Crippen molar-refractivity contribution in [2.24, 2.45) is 0 Å². The molecular weight excluding hydrogens is 384 g/mol. The lowest BCUT2D eigenvalue weighted by atomic mass is 10.0. The van der Waals surface area contributed by atoms with E-state index in [1.54, 1.807) is 4.90 Å². The SMILES string of the molecule is CCC(=O)N1CCN(C(=O)c2cccn2C2CCN(C(=O)OC(C)(C)C)CC2)CC1. The van der Waals surface area contributed by atoms with E-state index in [1.165, 1.54) is 0 Å². The monoisotopic (exact) mass is 418 g/mol. The molecule has 0 N–H and O–H groups in total. The van der Waals surface area contributed by atoms with Crippen molar-refractivity contribution in [1.29, 1.82) is 0 Å². The van der Waals surface area contributed by atoms with Gasteiger partial charge in [-0.1, -0.05) is 6.92 Å². The predicted octanol–water partition coefficient (Wildman–Crippen LogP) is 2.75. The van der Waals surface area contributed by atoms with Crippen molar-refractivity contribution >= 4 is 17.9 Å². The molecule has 0 aliphatic carbocycles. The quantitative estimate of drug-likeness (QED) is 0.756. The van der Waals surface area contributed by atoms with Gasteiger partial charge in [-0.3, -0.25) is 9.59 Å². The normalized spacial score (nSPS) is 18.5. The smallest absolute Gasteiger partial charge is 0.410 e. The molecule has 30 heavy (non-hydrogen) atoms. The average Bonchev–Trinajstić information content (AvgIpc) is 3.21. The van der Waals surface area contributed by atoms with E-state index in [2.05, 4.69) is 4.57 Å². The molecule has 1 aromatic rings. The molecule has 2 aliphatic heterocycles. The van der Waals surface area contributed by atoms with Gasteiger partial charge >= 0.3 is 6.09 Å². The second kappa shape index (κ2) is 9.10. The van der Waals surface area contributed by atoms with Crippen LogP contribution in [-0.4, -0.2) is 82.0 Å². The minimum absolute atomic E-state index is 0.0122. The highest BCUT2D eigenvalue weighted by Gasteiger charge is 2.30. The molecule has 166 valence electrons. The number of aromatic nitrogens is 1. The average molecular weight is 419 g/mol. The van der Waals surface area contributed by atoms with Crippen molar-refractivity contribution in [3.8, 4) is 0 Å². The summed E-state index contributed by atoms with van der Waals surface area (Å²) in [5.74, 6) is 0.153. The first kappa shape index (κ1) is 22.2.